The summed E-state index contributed by atoms with van der Waals surface area (Å²) in [5.41, 5.74) is 18.0. The molecule has 10 aromatic rings. The second-order valence-corrected chi connectivity index (χ2v) is 15.1. The van der Waals surface area contributed by atoms with Crippen molar-refractivity contribution in [2.24, 2.45) is 0 Å². The van der Waals surface area contributed by atoms with Crippen LogP contribution in [0.1, 0.15) is 16.7 Å². The maximum Gasteiger partial charge on any atom is 0.333 e. The van der Waals surface area contributed by atoms with Crippen molar-refractivity contribution >= 4 is 92.9 Å². The number of rotatable bonds is 1. The third-order valence-electron chi connectivity index (χ3n) is 11.4. The minimum atomic E-state index is 0.0190. The summed E-state index contributed by atoms with van der Waals surface area (Å²) in [6, 6.07) is 41.3. The van der Waals surface area contributed by atoms with E-state index in [1.54, 1.807) is 0 Å². The minimum absolute atomic E-state index is 0.0190. The van der Waals surface area contributed by atoms with E-state index in [0.29, 0.717) is 0 Å². The molecule has 0 spiro atoms. The molecule has 0 radical (unpaired) electrons. The predicted octanol–water partition coefficient (Wildman–Crippen LogP) is 10.2. The van der Waals surface area contributed by atoms with Crippen LogP contribution in [-0.2, 0) is 0 Å². The number of thiophene rings is 1. The fourth-order valence-corrected chi connectivity index (χ4v) is 11.0. The Kier molecular flexibility index (Phi) is 4.77. The molecule has 0 atom stereocenters. The highest BCUT2D eigenvalue weighted by atomic mass is 32.1. The second kappa shape index (κ2) is 8.87. The first-order chi connectivity index (χ1) is 24.1. The molecule has 6 heterocycles. The Morgan fingerprint density at radius 1 is 0.612 bits per heavy atom. The molecule has 0 aliphatic carbocycles. The summed E-state index contributed by atoms with van der Waals surface area (Å²) >= 11 is 1.91. The number of nitrogens with zero attached hydrogens (tertiary/aromatic N) is 3. The van der Waals surface area contributed by atoms with Crippen molar-refractivity contribution in [2.75, 3.05) is 0 Å². The second-order valence-electron chi connectivity index (χ2n) is 14.1. The molecule has 5 heteroatoms. The first-order valence-electron chi connectivity index (χ1n) is 17.1. The zero-order chi connectivity index (χ0) is 32.3. The molecule has 0 unspecified atom stereocenters. The normalized spacial score (nSPS) is 13.2. The lowest BCUT2D eigenvalue weighted by molar-refractivity contribution is 1.18. The van der Waals surface area contributed by atoms with Gasteiger partial charge in [0.05, 0.1) is 22.2 Å². The Labute approximate surface area is 286 Å². The molecule has 12 rings (SSSR count). The molecular weight excluding hydrogens is 613 g/mol. The molecule has 228 valence electrons. The van der Waals surface area contributed by atoms with E-state index < -0.39 is 0 Å². The summed E-state index contributed by atoms with van der Waals surface area (Å²) in [5.74, 6) is 0. The van der Waals surface area contributed by atoms with Gasteiger partial charge in [-0.1, -0.05) is 78.4 Å². The van der Waals surface area contributed by atoms with Crippen LogP contribution in [0, 0.1) is 20.8 Å². The monoisotopic (exact) mass is 641 g/mol. The minimum Gasteiger partial charge on any atom is -0.374 e. The summed E-state index contributed by atoms with van der Waals surface area (Å²) in [7, 11) is 0. The standard InChI is InChI=1S/C44H28BN3S/c1-23-19-24(2)38(25(3)20-23)26-15-16-35-31(21-26)30-17-18-46-41-39-40-36(22-32-28-10-5-7-14-37(28)49-44(32)39)47-34-13-6-4-9-27(34)29-11-8-12-33(42(29)47)45(40)48(35)43(30)41/h4-22H,1-3H3. The number of aryl methyl sites for hydroxylation is 3. The van der Waals surface area contributed by atoms with E-state index in [1.165, 1.54) is 114 Å². The number of aromatic nitrogens is 3. The molecular formula is C44H28BN3S. The Hall–Kier alpha value is -5.65. The zero-order valence-corrected chi connectivity index (χ0v) is 28.1. The van der Waals surface area contributed by atoms with Crippen molar-refractivity contribution in [3.05, 3.63) is 132 Å². The highest BCUT2D eigenvalue weighted by molar-refractivity contribution is 7.26. The van der Waals surface area contributed by atoms with Crippen molar-refractivity contribution in [1.29, 1.82) is 0 Å². The predicted molar refractivity (Wildman–Crippen MR) is 210 cm³/mol. The van der Waals surface area contributed by atoms with Crippen molar-refractivity contribution in [1.82, 2.24) is 14.0 Å². The van der Waals surface area contributed by atoms with Gasteiger partial charge in [0.1, 0.15) is 0 Å². The van der Waals surface area contributed by atoms with Crippen LogP contribution in [0.15, 0.2) is 115 Å². The van der Waals surface area contributed by atoms with Crippen LogP contribution in [-0.4, -0.2) is 20.9 Å². The molecule has 0 fully saturated rings. The number of fused-ring (bicyclic) bond motifs is 14. The van der Waals surface area contributed by atoms with Gasteiger partial charge in [-0.25, -0.2) is 0 Å². The maximum atomic E-state index is 5.28. The van der Waals surface area contributed by atoms with E-state index in [0.717, 1.165) is 5.69 Å². The molecule has 0 saturated heterocycles. The van der Waals surface area contributed by atoms with Gasteiger partial charge in [-0.05, 0) is 90.3 Å². The number of para-hydroxylation sites is 2. The van der Waals surface area contributed by atoms with Gasteiger partial charge in [0.15, 0.2) is 0 Å². The van der Waals surface area contributed by atoms with Crippen molar-refractivity contribution in [2.45, 2.75) is 20.8 Å². The quantitative estimate of drug-likeness (QED) is 0.164. The van der Waals surface area contributed by atoms with Crippen LogP contribution in [0.5, 0.6) is 0 Å². The van der Waals surface area contributed by atoms with Gasteiger partial charge in [-0.3, -0.25) is 4.98 Å². The lowest BCUT2D eigenvalue weighted by Crippen LogP contribution is -2.55. The Morgan fingerprint density at radius 3 is 2.27 bits per heavy atom. The van der Waals surface area contributed by atoms with E-state index in [9.17, 15) is 0 Å². The van der Waals surface area contributed by atoms with Gasteiger partial charge < -0.3 is 9.05 Å². The number of pyridine rings is 1. The summed E-state index contributed by atoms with van der Waals surface area (Å²) in [6.07, 6.45) is 2.04. The number of hydrogen-bond donors (Lipinski definition) is 0. The van der Waals surface area contributed by atoms with Gasteiger partial charge in [0, 0.05) is 64.7 Å². The molecule has 2 aliphatic rings. The molecule has 0 bridgehead atoms. The van der Waals surface area contributed by atoms with Crippen LogP contribution in [0.2, 0.25) is 0 Å². The lowest BCUT2D eigenvalue weighted by atomic mass is 9.46. The highest BCUT2D eigenvalue weighted by Gasteiger charge is 2.43. The molecule has 0 saturated carbocycles. The topological polar surface area (TPSA) is 22.8 Å². The van der Waals surface area contributed by atoms with E-state index in [2.05, 4.69) is 139 Å². The molecule has 49 heavy (non-hydrogen) atoms. The van der Waals surface area contributed by atoms with Gasteiger partial charge in [0.25, 0.3) is 0 Å². The Morgan fingerprint density at radius 2 is 1.39 bits per heavy atom. The number of hydrogen-bond acceptors (Lipinski definition) is 2. The molecule has 4 aromatic heterocycles. The van der Waals surface area contributed by atoms with Crippen LogP contribution >= 0.6 is 11.3 Å². The van der Waals surface area contributed by atoms with Gasteiger partial charge in [-0.15, -0.1) is 11.3 Å². The van der Waals surface area contributed by atoms with E-state index >= 15 is 0 Å². The third kappa shape index (κ3) is 3.09. The molecule has 2 aliphatic heterocycles. The third-order valence-corrected chi connectivity index (χ3v) is 12.6. The SMILES string of the molecule is Cc1cc(C)c(-c2ccc3c(c2)c2ccnc4c2n3B2c3c(cc5c(sc6ccccc65)c3-4)-n3c4ccccc4c4cccc2c43)c(C)c1. The van der Waals surface area contributed by atoms with Gasteiger partial charge >= 0.3 is 6.85 Å². The van der Waals surface area contributed by atoms with Gasteiger partial charge in [-0.2, -0.15) is 0 Å². The smallest absolute Gasteiger partial charge is 0.333 e. The Balaban J connectivity index is 1.30. The summed E-state index contributed by atoms with van der Waals surface area (Å²) in [6.45, 7) is 6.70. The molecule has 6 aromatic carbocycles. The molecule has 3 nitrogen and oxygen atoms in total. The molecule has 0 amide bonds. The maximum absolute atomic E-state index is 5.28. The van der Waals surface area contributed by atoms with Crippen LogP contribution < -0.4 is 10.9 Å². The Bertz CT molecular complexity index is 3130. The summed E-state index contributed by atoms with van der Waals surface area (Å²) < 4.78 is 7.84. The first kappa shape index (κ1) is 26.3. The molecule has 0 N–H and O–H groups in total. The van der Waals surface area contributed by atoms with Crippen molar-refractivity contribution < 1.29 is 0 Å². The average molecular weight is 642 g/mol. The zero-order valence-electron chi connectivity index (χ0n) is 27.3. The first-order valence-corrected chi connectivity index (χ1v) is 17.9. The fourth-order valence-electron chi connectivity index (χ4n) is 9.74. The van der Waals surface area contributed by atoms with Crippen LogP contribution in [0.25, 0.3) is 91.9 Å². The van der Waals surface area contributed by atoms with Crippen molar-refractivity contribution in [3.8, 4) is 28.1 Å². The van der Waals surface area contributed by atoms with Gasteiger partial charge in [0.2, 0.25) is 0 Å². The van der Waals surface area contributed by atoms with E-state index in [-0.39, 0.29) is 6.85 Å². The average Bonchev–Trinajstić information content (AvgIpc) is 3.76. The van der Waals surface area contributed by atoms with E-state index in [1.807, 2.05) is 17.5 Å². The van der Waals surface area contributed by atoms with E-state index in [4.69, 9.17) is 4.98 Å². The highest BCUT2D eigenvalue weighted by Crippen LogP contribution is 2.48. The fraction of sp³-hybridized carbons (Fsp3) is 0.0682. The lowest BCUT2D eigenvalue weighted by Gasteiger charge is -2.33. The van der Waals surface area contributed by atoms with Crippen LogP contribution in [0.4, 0.5) is 0 Å². The van der Waals surface area contributed by atoms with Crippen LogP contribution in [0.3, 0.4) is 0 Å². The van der Waals surface area contributed by atoms with Crippen molar-refractivity contribution in [3.63, 3.8) is 0 Å². The summed E-state index contributed by atoms with van der Waals surface area (Å²) in [4.78, 5) is 5.28. The largest absolute Gasteiger partial charge is 0.374 e. The number of benzene rings is 6. The summed E-state index contributed by atoms with van der Waals surface area (Å²) in [5, 5.41) is 7.80.